The zero-order valence-electron chi connectivity index (χ0n) is 17.7. The number of rotatable bonds is 2. The number of carbonyl (C=O) groups excluding carboxylic acids is 1. The van der Waals surface area contributed by atoms with Crippen molar-refractivity contribution in [2.45, 2.75) is 32.6 Å². The number of allylic oxidation sites excluding steroid dienone is 3. The van der Waals surface area contributed by atoms with E-state index in [-0.39, 0.29) is 16.3 Å². The fourth-order valence-electron chi connectivity index (χ4n) is 3.95. The molecule has 4 rings (SSSR count). The Morgan fingerprint density at radius 3 is 2.37 bits per heavy atom. The second kappa shape index (κ2) is 9.69. The highest BCUT2D eigenvalue weighted by Crippen LogP contribution is 2.49. The quantitative estimate of drug-likeness (QED) is 0.706. The predicted molar refractivity (Wildman–Crippen MR) is 116 cm³/mol. The predicted octanol–water partition coefficient (Wildman–Crippen LogP) is 2.70. The number of morpholine rings is 1. The molecule has 6 nitrogen and oxygen atoms in total. The van der Waals surface area contributed by atoms with E-state index in [2.05, 4.69) is 24.0 Å². The van der Waals surface area contributed by atoms with E-state index in [1.54, 1.807) is 7.11 Å². The van der Waals surface area contributed by atoms with Crippen LogP contribution < -0.4 is 10.1 Å². The minimum atomic E-state index is -0.430. The van der Waals surface area contributed by atoms with Crippen LogP contribution in [0.2, 0.25) is 0 Å². The molecule has 1 aromatic rings. The first kappa shape index (κ1) is 22.4. The van der Waals surface area contributed by atoms with Crippen molar-refractivity contribution in [3.05, 3.63) is 51.8 Å². The molecule has 2 aliphatic heterocycles. The summed E-state index contributed by atoms with van der Waals surface area (Å²) in [7, 11) is 1.60. The number of nitriles is 1. The first-order valence-electron chi connectivity index (χ1n) is 10.2. The highest BCUT2D eigenvalue weighted by molar-refractivity contribution is 7.84. The minimum absolute atomic E-state index is 0.0376. The van der Waals surface area contributed by atoms with Gasteiger partial charge in [-0.2, -0.15) is 5.26 Å². The average molecular weight is 430 g/mol. The van der Waals surface area contributed by atoms with Gasteiger partial charge in [-0.05, 0) is 23.1 Å². The van der Waals surface area contributed by atoms with Gasteiger partial charge in [-0.25, -0.2) is 0 Å². The van der Waals surface area contributed by atoms with E-state index < -0.39 is 5.92 Å². The van der Waals surface area contributed by atoms with Gasteiger partial charge in [-0.3, -0.25) is 4.79 Å². The maximum atomic E-state index is 12.8. The zero-order valence-corrected chi connectivity index (χ0v) is 18.6. The van der Waals surface area contributed by atoms with Crippen LogP contribution in [-0.4, -0.2) is 39.2 Å². The monoisotopic (exact) mass is 429 g/mol. The van der Waals surface area contributed by atoms with Gasteiger partial charge in [0.25, 0.3) is 0 Å². The molecule has 2 N–H and O–H groups in total. The van der Waals surface area contributed by atoms with Crippen LogP contribution in [0.15, 0.2) is 46.3 Å². The Bertz CT molecular complexity index is 881. The molecule has 7 heteroatoms. The standard InChI is InChI=1S/C19H19NO3S.C4H9NO/c1-19(2)8-14(21)17-15(9-19)23-18(24)13(10-20)16(17)11-4-6-12(22-3)7-5-11;1-3-6-4-2-5-1/h4-7,16,24H,8-9H2,1-3H3;5H,1-4H2/p+1. The molecule has 1 fully saturated rings. The molecule has 30 heavy (non-hydrogen) atoms. The summed E-state index contributed by atoms with van der Waals surface area (Å²) in [5.41, 5.74) is 1.67. The summed E-state index contributed by atoms with van der Waals surface area (Å²) < 4.78 is 16.0. The fourth-order valence-corrected chi connectivity index (χ4v) is 4.24. The molecular weight excluding hydrogens is 400 g/mol. The van der Waals surface area contributed by atoms with Gasteiger partial charge in [0.15, 0.2) is 10.9 Å². The Morgan fingerprint density at radius 2 is 1.87 bits per heavy atom. The number of methoxy groups -OCH3 is 1. The molecule has 1 unspecified atom stereocenters. The van der Waals surface area contributed by atoms with Crippen LogP contribution in [-0.2, 0) is 14.3 Å². The molecule has 2 heterocycles. The maximum Gasteiger partial charge on any atom is 0.171 e. The van der Waals surface area contributed by atoms with Gasteiger partial charge >= 0.3 is 0 Å². The molecule has 0 bridgehead atoms. The fraction of sp³-hybridized carbons (Fsp3) is 0.478. The Morgan fingerprint density at radius 1 is 1.20 bits per heavy atom. The molecule has 1 atom stereocenters. The second-order valence-corrected chi connectivity index (χ2v) is 8.80. The van der Waals surface area contributed by atoms with Crippen molar-refractivity contribution in [2.24, 2.45) is 5.41 Å². The van der Waals surface area contributed by atoms with Crippen LogP contribution in [0.4, 0.5) is 0 Å². The highest BCUT2D eigenvalue weighted by Gasteiger charge is 2.42. The van der Waals surface area contributed by atoms with Crippen LogP contribution in [0.3, 0.4) is 0 Å². The normalized spacial score (nSPS) is 22.9. The lowest BCUT2D eigenvalue weighted by atomic mass is 9.70. The number of benzene rings is 1. The number of hydrogen-bond donors (Lipinski definition) is 2. The van der Waals surface area contributed by atoms with Gasteiger partial charge in [0, 0.05) is 18.4 Å². The van der Waals surface area contributed by atoms with Gasteiger partial charge in [-0.1, -0.05) is 26.0 Å². The van der Waals surface area contributed by atoms with Gasteiger partial charge in [-0.15, -0.1) is 12.6 Å². The summed E-state index contributed by atoms with van der Waals surface area (Å²) in [6.45, 7) is 8.28. The first-order chi connectivity index (χ1) is 14.4. The van der Waals surface area contributed by atoms with Crippen LogP contribution in [0.5, 0.6) is 5.75 Å². The number of thiol groups is 1. The Labute approximate surface area is 183 Å². The number of quaternary nitrogens is 1. The van der Waals surface area contributed by atoms with Crippen molar-refractivity contribution < 1.29 is 24.3 Å². The molecule has 1 saturated heterocycles. The van der Waals surface area contributed by atoms with E-state index in [1.165, 1.54) is 0 Å². The topological polar surface area (TPSA) is 85.2 Å². The summed E-state index contributed by atoms with van der Waals surface area (Å²) in [4.78, 5) is 12.8. The first-order valence-corrected chi connectivity index (χ1v) is 10.6. The molecular formula is C23H29N2O4S+. The van der Waals surface area contributed by atoms with Crippen molar-refractivity contribution in [3.8, 4) is 11.8 Å². The lowest BCUT2D eigenvalue weighted by molar-refractivity contribution is -0.670. The van der Waals surface area contributed by atoms with E-state index in [0.29, 0.717) is 29.7 Å². The number of nitrogens with two attached hydrogens (primary N) is 1. The highest BCUT2D eigenvalue weighted by atomic mass is 32.1. The smallest absolute Gasteiger partial charge is 0.171 e. The van der Waals surface area contributed by atoms with Crippen LogP contribution in [0, 0.1) is 16.7 Å². The molecule has 0 spiro atoms. The van der Waals surface area contributed by atoms with E-state index in [9.17, 15) is 10.1 Å². The summed E-state index contributed by atoms with van der Waals surface area (Å²) in [6.07, 6.45) is 1.10. The molecule has 1 aromatic carbocycles. The average Bonchev–Trinajstić information content (AvgIpc) is 2.73. The number of Topliss-reactive ketones (excluding diaryl/α,β-unsaturated/α-hetero) is 1. The Hall–Kier alpha value is -2.27. The van der Waals surface area contributed by atoms with E-state index >= 15 is 0 Å². The summed E-state index contributed by atoms with van der Waals surface area (Å²) in [5.74, 6) is 0.974. The SMILES string of the molecule is C1COCC[NH2+]1.COc1ccc(C2C(C#N)=C(S)OC3=C2C(=O)CC(C)(C)C3)cc1. The molecule has 0 amide bonds. The lowest BCUT2D eigenvalue weighted by Gasteiger charge is -2.37. The molecule has 3 aliphatic rings. The van der Waals surface area contributed by atoms with Crippen molar-refractivity contribution in [3.63, 3.8) is 0 Å². The third kappa shape index (κ3) is 5.07. The summed E-state index contributed by atoms with van der Waals surface area (Å²) >= 11 is 4.35. The molecule has 1 aliphatic carbocycles. The van der Waals surface area contributed by atoms with Crippen molar-refractivity contribution in [1.82, 2.24) is 0 Å². The van der Waals surface area contributed by atoms with Gasteiger partial charge < -0.3 is 19.5 Å². The largest absolute Gasteiger partial charge is 0.497 e. The van der Waals surface area contributed by atoms with Crippen LogP contribution >= 0.6 is 12.6 Å². The van der Waals surface area contributed by atoms with Gasteiger partial charge in [0.1, 0.15) is 17.6 Å². The van der Waals surface area contributed by atoms with Crippen molar-refractivity contribution in [1.29, 1.82) is 5.26 Å². The van der Waals surface area contributed by atoms with Crippen molar-refractivity contribution in [2.75, 3.05) is 33.4 Å². The summed E-state index contributed by atoms with van der Waals surface area (Å²) in [5, 5.41) is 12.1. The third-order valence-electron chi connectivity index (χ3n) is 5.41. The number of carbonyl (C=O) groups is 1. The summed E-state index contributed by atoms with van der Waals surface area (Å²) in [6, 6.07) is 9.58. The molecule has 0 radical (unpaired) electrons. The van der Waals surface area contributed by atoms with Crippen LogP contribution in [0.25, 0.3) is 0 Å². The second-order valence-electron chi connectivity index (χ2n) is 8.40. The number of nitrogens with zero attached hydrogens (tertiary/aromatic N) is 1. The Kier molecular flexibility index (Phi) is 7.24. The van der Waals surface area contributed by atoms with E-state index in [1.807, 2.05) is 38.1 Å². The molecule has 0 saturated carbocycles. The lowest BCUT2D eigenvalue weighted by Crippen LogP contribution is -2.87. The van der Waals surface area contributed by atoms with E-state index in [0.717, 1.165) is 37.6 Å². The van der Waals surface area contributed by atoms with Gasteiger partial charge in [0.2, 0.25) is 0 Å². The van der Waals surface area contributed by atoms with E-state index in [4.69, 9.17) is 14.2 Å². The molecule has 0 aromatic heterocycles. The number of hydrogen-bond acceptors (Lipinski definition) is 6. The minimum Gasteiger partial charge on any atom is -0.497 e. The number of ketones is 1. The maximum absolute atomic E-state index is 12.8. The molecule has 160 valence electrons. The Balaban J connectivity index is 0.000000367. The van der Waals surface area contributed by atoms with Crippen LogP contribution in [0.1, 0.15) is 38.2 Å². The van der Waals surface area contributed by atoms with Crippen molar-refractivity contribution >= 4 is 18.4 Å². The third-order valence-corrected chi connectivity index (χ3v) is 5.74. The van der Waals surface area contributed by atoms with Gasteiger partial charge in [0.05, 0.1) is 44.9 Å². The number of ether oxygens (including phenoxy) is 3. The zero-order chi connectivity index (χ0) is 21.7.